The zero-order valence-electron chi connectivity index (χ0n) is 18.5. The molecule has 33 heavy (non-hydrogen) atoms. The van der Waals surface area contributed by atoms with Crippen molar-refractivity contribution in [3.8, 4) is 0 Å². The van der Waals surface area contributed by atoms with E-state index in [4.69, 9.17) is 9.57 Å². The number of aromatic nitrogens is 2. The Balaban J connectivity index is 1.31. The van der Waals surface area contributed by atoms with Crippen LogP contribution >= 0.6 is 11.7 Å². The summed E-state index contributed by atoms with van der Waals surface area (Å²) in [5, 5.41) is 1.49. The van der Waals surface area contributed by atoms with E-state index >= 15 is 0 Å². The van der Waals surface area contributed by atoms with Gasteiger partial charge in [-0.1, -0.05) is 36.4 Å². The molecule has 1 amide bonds. The van der Waals surface area contributed by atoms with E-state index in [0.29, 0.717) is 12.8 Å². The third kappa shape index (κ3) is 4.23. The third-order valence-electron chi connectivity index (χ3n) is 6.79. The number of piperidine rings is 1. The Morgan fingerprint density at radius 1 is 1.09 bits per heavy atom. The van der Waals surface area contributed by atoms with Crippen molar-refractivity contribution in [3.63, 3.8) is 0 Å². The fourth-order valence-electron chi connectivity index (χ4n) is 5.03. The summed E-state index contributed by atoms with van der Waals surface area (Å²) < 4.78 is 13.7. The minimum atomic E-state index is -0.682. The molecule has 3 aromatic rings. The van der Waals surface area contributed by atoms with Crippen LogP contribution in [0.25, 0.3) is 11.0 Å². The topological polar surface area (TPSA) is 84.9 Å². The van der Waals surface area contributed by atoms with E-state index in [9.17, 15) is 9.59 Å². The minimum Gasteiger partial charge on any atom is -0.469 e. The summed E-state index contributed by atoms with van der Waals surface area (Å²) in [4.78, 5) is 34.0. The molecule has 5 rings (SSSR count). The minimum absolute atomic E-state index is 0.120. The van der Waals surface area contributed by atoms with Crippen molar-refractivity contribution in [2.45, 2.75) is 38.0 Å². The highest BCUT2D eigenvalue weighted by atomic mass is 32.1. The van der Waals surface area contributed by atoms with Crippen LogP contribution in [0.5, 0.6) is 0 Å². The van der Waals surface area contributed by atoms with E-state index in [1.807, 2.05) is 36.4 Å². The zero-order chi connectivity index (χ0) is 22.8. The van der Waals surface area contributed by atoms with Gasteiger partial charge < -0.3 is 4.74 Å². The SMILES string of the molecule is COC(=O)C1CC(=O)N(OCc2ccccc2)C12CCN(Cc1ccc3nsnc3c1)CC2. The second kappa shape index (κ2) is 9.17. The molecule has 0 bridgehead atoms. The van der Waals surface area contributed by atoms with Crippen molar-refractivity contribution >= 4 is 34.6 Å². The summed E-state index contributed by atoms with van der Waals surface area (Å²) in [6.07, 6.45) is 1.41. The van der Waals surface area contributed by atoms with Gasteiger partial charge in [-0.15, -0.1) is 0 Å². The number of ether oxygens (including phenoxy) is 1. The molecule has 1 atom stereocenters. The van der Waals surface area contributed by atoms with Crippen LogP contribution in [0.15, 0.2) is 48.5 Å². The van der Waals surface area contributed by atoms with Gasteiger partial charge in [0.25, 0.3) is 0 Å². The normalized spacial score (nSPS) is 20.6. The number of likely N-dealkylation sites (tertiary alicyclic amines) is 1. The molecule has 172 valence electrons. The van der Waals surface area contributed by atoms with Gasteiger partial charge >= 0.3 is 5.97 Å². The van der Waals surface area contributed by atoms with Crippen molar-refractivity contribution in [1.29, 1.82) is 0 Å². The molecule has 0 N–H and O–H groups in total. The van der Waals surface area contributed by atoms with Gasteiger partial charge in [0.15, 0.2) is 0 Å². The van der Waals surface area contributed by atoms with Crippen molar-refractivity contribution in [1.82, 2.24) is 18.7 Å². The van der Waals surface area contributed by atoms with Gasteiger partial charge in [0, 0.05) is 26.1 Å². The van der Waals surface area contributed by atoms with Crippen molar-refractivity contribution in [3.05, 3.63) is 59.7 Å². The number of carbonyl (C=O) groups excluding carboxylic acids is 2. The lowest BCUT2D eigenvalue weighted by Gasteiger charge is -2.45. The van der Waals surface area contributed by atoms with Gasteiger partial charge in [0.2, 0.25) is 5.91 Å². The Bertz CT molecular complexity index is 1140. The molecule has 2 fully saturated rings. The number of nitrogens with zero attached hydrogens (tertiary/aromatic N) is 4. The lowest BCUT2D eigenvalue weighted by molar-refractivity contribution is -0.229. The predicted octanol–water partition coefficient (Wildman–Crippen LogP) is 3.18. The number of rotatable bonds is 6. The van der Waals surface area contributed by atoms with Crippen LogP contribution in [-0.4, -0.2) is 56.3 Å². The van der Waals surface area contributed by atoms with Crippen molar-refractivity contribution in [2.24, 2.45) is 5.92 Å². The predicted molar refractivity (Wildman–Crippen MR) is 123 cm³/mol. The van der Waals surface area contributed by atoms with Crippen LogP contribution in [0.3, 0.4) is 0 Å². The number of benzene rings is 2. The molecule has 2 aliphatic heterocycles. The molecule has 2 aromatic carbocycles. The first-order valence-electron chi connectivity index (χ1n) is 11.1. The summed E-state index contributed by atoms with van der Waals surface area (Å²) in [6.45, 7) is 2.57. The zero-order valence-corrected chi connectivity index (χ0v) is 19.3. The number of hydrogen-bond donors (Lipinski definition) is 0. The van der Waals surface area contributed by atoms with Gasteiger partial charge in [-0.3, -0.25) is 19.3 Å². The molecule has 3 heterocycles. The molecular formula is C24H26N4O4S. The largest absolute Gasteiger partial charge is 0.469 e. The van der Waals surface area contributed by atoms with Crippen LogP contribution in [0.4, 0.5) is 0 Å². The van der Waals surface area contributed by atoms with E-state index in [-0.39, 0.29) is 24.9 Å². The second-order valence-corrected chi connectivity index (χ2v) is 9.22. The Morgan fingerprint density at radius 2 is 1.85 bits per heavy atom. The quantitative estimate of drug-likeness (QED) is 0.516. The number of hydrogen-bond acceptors (Lipinski definition) is 8. The van der Waals surface area contributed by atoms with Crippen LogP contribution < -0.4 is 0 Å². The molecule has 9 heteroatoms. The summed E-state index contributed by atoms with van der Waals surface area (Å²) in [5.41, 5.74) is 3.30. The molecular weight excluding hydrogens is 440 g/mol. The highest BCUT2D eigenvalue weighted by Crippen LogP contribution is 2.45. The third-order valence-corrected chi connectivity index (χ3v) is 7.35. The summed E-state index contributed by atoms with van der Waals surface area (Å²) >= 11 is 1.22. The maximum Gasteiger partial charge on any atom is 0.311 e. The number of hydroxylamine groups is 2. The highest BCUT2D eigenvalue weighted by Gasteiger charge is 2.58. The maximum absolute atomic E-state index is 12.9. The number of fused-ring (bicyclic) bond motifs is 1. The fraction of sp³-hybridized carbons (Fsp3) is 0.417. The maximum atomic E-state index is 12.9. The van der Waals surface area contributed by atoms with E-state index in [1.54, 1.807) is 0 Å². The van der Waals surface area contributed by atoms with Crippen LogP contribution in [0.1, 0.15) is 30.4 Å². The molecule has 1 aromatic heterocycles. The molecule has 0 radical (unpaired) electrons. The van der Waals surface area contributed by atoms with Crippen LogP contribution in [-0.2, 0) is 32.3 Å². The highest BCUT2D eigenvalue weighted by molar-refractivity contribution is 7.00. The van der Waals surface area contributed by atoms with E-state index in [0.717, 1.165) is 36.2 Å². The van der Waals surface area contributed by atoms with Gasteiger partial charge in [0.05, 0.1) is 30.3 Å². The average molecular weight is 467 g/mol. The first-order chi connectivity index (χ1) is 16.1. The lowest BCUT2D eigenvalue weighted by atomic mass is 9.77. The molecule has 2 aliphatic rings. The first kappa shape index (κ1) is 21.9. The van der Waals surface area contributed by atoms with Crippen LogP contribution in [0, 0.1) is 5.92 Å². The number of carbonyl (C=O) groups is 2. The summed E-state index contributed by atoms with van der Waals surface area (Å²) in [7, 11) is 1.38. The summed E-state index contributed by atoms with van der Waals surface area (Å²) in [5.74, 6) is -1.02. The molecule has 0 saturated carbocycles. The van der Waals surface area contributed by atoms with E-state index < -0.39 is 11.5 Å². The van der Waals surface area contributed by atoms with Crippen molar-refractivity contribution in [2.75, 3.05) is 20.2 Å². The standard InChI is InChI=1S/C24H26N4O4S/c1-31-23(30)19-14-22(29)28(32-16-17-5-3-2-4-6-17)24(19)9-11-27(12-10-24)15-18-7-8-20-21(13-18)26-33-25-20/h2-8,13,19H,9-12,14-16H2,1H3. The second-order valence-electron chi connectivity index (χ2n) is 8.69. The monoisotopic (exact) mass is 466 g/mol. The van der Waals surface area contributed by atoms with Crippen LogP contribution in [0.2, 0.25) is 0 Å². The summed E-state index contributed by atoms with van der Waals surface area (Å²) in [6, 6.07) is 15.9. The fourth-order valence-corrected chi connectivity index (χ4v) is 5.55. The van der Waals surface area contributed by atoms with Crippen molar-refractivity contribution < 1.29 is 19.2 Å². The van der Waals surface area contributed by atoms with E-state index in [1.165, 1.54) is 29.5 Å². The average Bonchev–Trinajstić information content (AvgIpc) is 3.41. The molecule has 1 spiro atoms. The van der Waals surface area contributed by atoms with E-state index in [2.05, 4.69) is 25.8 Å². The van der Waals surface area contributed by atoms with Gasteiger partial charge in [-0.25, -0.2) is 5.06 Å². The lowest BCUT2D eigenvalue weighted by Crippen LogP contribution is -2.57. The van der Waals surface area contributed by atoms with Gasteiger partial charge in [-0.05, 0) is 36.1 Å². The Hall–Kier alpha value is -2.88. The Morgan fingerprint density at radius 3 is 2.61 bits per heavy atom. The molecule has 2 saturated heterocycles. The Labute approximate surface area is 196 Å². The number of esters is 1. The first-order valence-corrected chi connectivity index (χ1v) is 11.8. The number of methoxy groups -OCH3 is 1. The van der Waals surface area contributed by atoms with Gasteiger partial charge in [0.1, 0.15) is 17.6 Å². The molecule has 0 aliphatic carbocycles. The number of amides is 1. The molecule has 1 unspecified atom stereocenters. The molecule has 8 nitrogen and oxygen atoms in total. The smallest absolute Gasteiger partial charge is 0.311 e. The Kier molecular flexibility index (Phi) is 6.09. The van der Waals surface area contributed by atoms with Gasteiger partial charge in [-0.2, -0.15) is 8.75 Å².